The van der Waals surface area contributed by atoms with Gasteiger partial charge in [-0.3, -0.25) is 14.9 Å². The van der Waals surface area contributed by atoms with Crippen molar-refractivity contribution in [1.29, 1.82) is 0 Å². The number of nitrogens with one attached hydrogen (secondary N) is 2. The summed E-state index contributed by atoms with van der Waals surface area (Å²) in [5.41, 5.74) is -0.701. The first kappa shape index (κ1) is 19.9. The molecule has 11 heteroatoms. The monoisotopic (exact) mass is 435 g/mol. The number of amides is 2. The lowest BCUT2D eigenvalue weighted by molar-refractivity contribution is -0.137. The predicted molar refractivity (Wildman–Crippen MR) is 103 cm³/mol. The summed E-state index contributed by atoms with van der Waals surface area (Å²) in [5.74, 6) is -0.817. The Morgan fingerprint density at radius 1 is 1.17 bits per heavy atom. The van der Waals surface area contributed by atoms with Crippen LogP contribution in [0.1, 0.15) is 18.0 Å². The molecule has 0 saturated heterocycles. The van der Waals surface area contributed by atoms with E-state index in [1.54, 1.807) is 24.3 Å². The third-order valence-electron chi connectivity index (χ3n) is 4.45. The number of rotatable bonds is 4. The van der Waals surface area contributed by atoms with Crippen LogP contribution in [0.4, 0.5) is 24.8 Å². The van der Waals surface area contributed by atoms with Crippen molar-refractivity contribution in [3.8, 4) is 11.4 Å². The molecule has 7 nitrogen and oxygen atoms in total. The van der Waals surface area contributed by atoms with Gasteiger partial charge >= 0.3 is 6.18 Å². The van der Waals surface area contributed by atoms with Crippen molar-refractivity contribution in [2.45, 2.75) is 18.6 Å². The van der Waals surface area contributed by atoms with Crippen LogP contribution in [0.25, 0.3) is 11.4 Å². The van der Waals surface area contributed by atoms with Crippen molar-refractivity contribution in [1.82, 2.24) is 14.8 Å². The van der Waals surface area contributed by atoms with Gasteiger partial charge in [-0.25, -0.2) is 4.68 Å². The molecule has 1 atom stereocenters. The number of carbonyl (C=O) groups excluding carboxylic acids is 2. The zero-order valence-electron chi connectivity index (χ0n) is 15.1. The highest BCUT2D eigenvalue weighted by molar-refractivity contribution is 6.30. The standard InChI is InChI=1S/C19H13ClF3N5O2/c20-11-7-5-10(6-8-11)16-25-18-26-17(30)14(28(18)27-16)9-15(29)24-13-4-2-1-3-12(13)19(21,22)23/h1-8,14H,9H2,(H,24,29)(H,25,26,27,30)/t14-/m1/s1. The van der Waals surface area contributed by atoms with E-state index in [4.69, 9.17) is 11.6 Å². The van der Waals surface area contributed by atoms with Crippen LogP contribution in [0.15, 0.2) is 48.5 Å². The third kappa shape index (κ3) is 3.86. The van der Waals surface area contributed by atoms with Crippen molar-refractivity contribution < 1.29 is 22.8 Å². The van der Waals surface area contributed by atoms with E-state index in [-0.39, 0.29) is 11.6 Å². The Hall–Kier alpha value is -3.40. The molecule has 2 amide bonds. The average Bonchev–Trinajstić information content (AvgIpc) is 3.21. The summed E-state index contributed by atoms with van der Waals surface area (Å²) in [6.45, 7) is 0. The molecule has 4 rings (SSSR count). The maximum atomic E-state index is 13.1. The lowest BCUT2D eigenvalue weighted by atomic mass is 10.1. The van der Waals surface area contributed by atoms with Gasteiger partial charge in [0.05, 0.1) is 17.7 Å². The fraction of sp³-hybridized carbons (Fsp3) is 0.158. The van der Waals surface area contributed by atoms with E-state index in [0.29, 0.717) is 16.4 Å². The van der Waals surface area contributed by atoms with Crippen LogP contribution in [0.3, 0.4) is 0 Å². The fourth-order valence-electron chi connectivity index (χ4n) is 3.05. The number of anilines is 2. The van der Waals surface area contributed by atoms with Gasteiger partial charge in [0, 0.05) is 10.6 Å². The van der Waals surface area contributed by atoms with Gasteiger partial charge in [-0.05, 0) is 36.4 Å². The number of carbonyl (C=O) groups is 2. The van der Waals surface area contributed by atoms with E-state index in [1.165, 1.54) is 16.8 Å². The molecule has 0 saturated carbocycles. The smallest absolute Gasteiger partial charge is 0.325 e. The number of benzene rings is 2. The van der Waals surface area contributed by atoms with Crippen LogP contribution >= 0.6 is 11.6 Å². The number of halogens is 4. The van der Waals surface area contributed by atoms with Crippen molar-refractivity contribution in [2.24, 2.45) is 0 Å². The Kier molecular flexibility index (Phi) is 4.94. The Bertz CT molecular complexity index is 1130. The lowest BCUT2D eigenvalue weighted by Crippen LogP contribution is -2.24. The van der Waals surface area contributed by atoms with E-state index in [0.717, 1.165) is 12.1 Å². The van der Waals surface area contributed by atoms with Gasteiger partial charge in [0.1, 0.15) is 6.04 Å². The first-order valence-electron chi connectivity index (χ1n) is 8.72. The fourth-order valence-corrected chi connectivity index (χ4v) is 3.17. The average molecular weight is 436 g/mol. The molecule has 2 N–H and O–H groups in total. The number of fused-ring (bicyclic) bond motifs is 1. The second-order valence-corrected chi connectivity index (χ2v) is 6.95. The summed E-state index contributed by atoms with van der Waals surface area (Å²) in [5, 5.41) is 9.54. The van der Waals surface area contributed by atoms with E-state index in [2.05, 4.69) is 20.7 Å². The molecule has 2 aromatic carbocycles. The van der Waals surface area contributed by atoms with Crippen LogP contribution in [0, 0.1) is 0 Å². The van der Waals surface area contributed by atoms with Gasteiger partial charge < -0.3 is 5.32 Å². The second kappa shape index (κ2) is 7.45. The third-order valence-corrected chi connectivity index (χ3v) is 4.70. The van der Waals surface area contributed by atoms with Crippen LogP contribution in [0.5, 0.6) is 0 Å². The molecule has 0 radical (unpaired) electrons. The van der Waals surface area contributed by atoms with Gasteiger partial charge in [0.2, 0.25) is 11.9 Å². The summed E-state index contributed by atoms with van der Waals surface area (Å²) in [6, 6.07) is 10.3. The predicted octanol–water partition coefficient (Wildman–Crippen LogP) is 4.14. The quantitative estimate of drug-likeness (QED) is 0.644. The highest BCUT2D eigenvalue weighted by Crippen LogP contribution is 2.35. The largest absolute Gasteiger partial charge is 0.418 e. The highest BCUT2D eigenvalue weighted by Gasteiger charge is 2.37. The van der Waals surface area contributed by atoms with Crippen molar-refractivity contribution in [3.63, 3.8) is 0 Å². The highest BCUT2D eigenvalue weighted by atomic mass is 35.5. The summed E-state index contributed by atoms with van der Waals surface area (Å²) >= 11 is 5.86. The van der Waals surface area contributed by atoms with E-state index in [1.807, 2.05) is 0 Å². The molecule has 2 heterocycles. The minimum absolute atomic E-state index is 0.151. The van der Waals surface area contributed by atoms with Gasteiger partial charge in [0.15, 0.2) is 5.82 Å². The first-order chi connectivity index (χ1) is 14.2. The Morgan fingerprint density at radius 2 is 1.87 bits per heavy atom. The first-order valence-corrected chi connectivity index (χ1v) is 9.09. The molecule has 0 aliphatic carbocycles. The molecule has 0 fully saturated rings. The molecule has 0 bridgehead atoms. The Morgan fingerprint density at radius 3 is 2.57 bits per heavy atom. The topological polar surface area (TPSA) is 88.9 Å². The minimum atomic E-state index is -4.62. The summed E-state index contributed by atoms with van der Waals surface area (Å²) in [7, 11) is 0. The second-order valence-electron chi connectivity index (χ2n) is 6.51. The number of para-hydroxylation sites is 1. The van der Waals surface area contributed by atoms with Gasteiger partial charge in [-0.15, -0.1) is 5.10 Å². The van der Waals surface area contributed by atoms with E-state index in [9.17, 15) is 22.8 Å². The number of hydrogen-bond donors (Lipinski definition) is 2. The van der Waals surface area contributed by atoms with Gasteiger partial charge in [-0.1, -0.05) is 23.7 Å². The molecular formula is C19H13ClF3N5O2. The van der Waals surface area contributed by atoms with Crippen molar-refractivity contribution in [2.75, 3.05) is 10.6 Å². The lowest BCUT2D eigenvalue weighted by Gasteiger charge is -2.14. The minimum Gasteiger partial charge on any atom is -0.325 e. The van der Waals surface area contributed by atoms with Gasteiger partial charge in [-0.2, -0.15) is 18.2 Å². The number of nitrogens with zero attached hydrogens (tertiary/aromatic N) is 3. The zero-order chi connectivity index (χ0) is 21.5. The molecule has 154 valence electrons. The summed E-state index contributed by atoms with van der Waals surface area (Å²) in [6.07, 6.45) is -5.03. The van der Waals surface area contributed by atoms with E-state index >= 15 is 0 Å². The van der Waals surface area contributed by atoms with E-state index < -0.39 is 36.0 Å². The maximum absolute atomic E-state index is 13.1. The van der Waals surface area contributed by atoms with Crippen LogP contribution in [-0.4, -0.2) is 26.6 Å². The SMILES string of the molecule is O=C(C[C@@H]1C(=O)Nc2nc(-c3ccc(Cl)cc3)nn21)Nc1ccccc1C(F)(F)F. The molecule has 1 aromatic heterocycles. The Labute approximate surface area is 172 Å². The molecule has 1 aliphatic heterocycles. The van der Waals surface area contributed by atoms with Crippen molar-refractivity contribution >= 4 is 35.1 Å². The number of aromatic nitrogens is 3. The zero-order valence-corrected chi connectivity index (χ0v) is 15.8. The van der Waals surface area contributed by atoms with Gasteiger partial charge in [0.25, 0.3) is 5.91 Å². The molecule has 3 aromatic rings. The van der Waals surface area contributed by atoms with Crippen LogP contribution in [0.2, 0.25) is 5.02 Å². The summed E-state index contributed by atoms with van der Waals surface area (Å²) in [4.78, 5) is 28.8. The molecule has 30 heavy (non-hydrogen) atoms. The molecule has 0 unspecified atom stereocenters. The normalized spacial score (nSPS) is 15.6. The number of alkyl halides is 3. The molecular weight excluding hydrogens is 423 g/mol. The summed E-state index contributed by atoms with van der Waals surface area (Å²) < 4.78 is 40.6. The molecule has 1 aliphatic rings. The Balaban J connectivity index is 1.53. The van der Waals surface area contributed by atoms with Crippen LogP contribution in [-0.2, 0) is 15.8 Å². The number of hydrogen-bond acceptors (Lipinski definition) is 4. The van der Waals surface area contributed by atoms with Crippen molar-refractivity contribution in [3.05, 3.63) is 59.1 Å². The molecule has 0 spiro atoms. The maximum Gasteiger partial charge on any atom is 0.418 e. The van der Waals surface area contributed by atoms with Crippen LogP contribution < -0.4 is 10.6 Å².